The first-order valence-electron chi connectivity index (χ1n) is 3.89. The fourth-order valence-corrected chi connectivity index (χ4v) is 1.36. The van der Waals surface area contributed by atoms with E-state index in [2.05, 4.69) is 28.0 Å². The molecule has 65 valence electrons. The number of aromatic nitrogens is 2. The zero-order valence-electron chi connectivity index (χ0n) is 6.94. The molecular weight excluding hydrogens is 228 g/mol. The van der Waals surface area contributed by atoms with Crippen molar-refractivity contribution < 1.29 is 0 Å². The largest absolute Gasteiger partial charge is 0.241 e. The van der Waals surface area contributed by atoms with Gasteiger partial charge in [0.15, 0.2) is 0 Å². The summed E-state index contributed by atoms with van der Waals surface area (Å²) in [5, 5.41) is 4.20. The second-order valence-corrected chi connectivity index (χ2v) is 3.64. The molecule has 1 aromatic carbocycles. The van der Waals surface area contributed by atoms with Gasteiger partial charge in [0.2, 0.25) is 0 Å². The Kier molecular flexibility index (Phi) is 2.19. The van der Waals surface area contributed by atoms with Gasteiger partial charge in [-0.15, -0.1) is 0 Å². The van der Waals surface area contributed by atoms with Crippen LogP contribution >= 0.6 is 15.9 Å². The molecule has 1 radical (unpaired) electrons. The second-order valence-electron chi connectivity index (χ2n) is 2.73. The Labute approximate surface area is 85.3 Å². The van der Waals surface area contributed by atoms with Crippen LogP contribution in [0.4, 0.5) is 0 Å². The van der Waals surface area contributed by atoms with E-state index in [0.717, 1.165) is 15.9 Å². The molecule has 3 heteroatoms. The molecule has 0 aliphatic carbocycles. The highest BCUT2D eigenvalue weighted by Gasteiger charge is 1.96. The molecular formula is C10H8BrN2. The van der Waals surface area contributed by atoms with Gasteiger partial charge in [-0.3, -0.25) is 0 Å². The summed E-state index contributed by atoms with van der Waals surface area (Å²) in [5.74, 6) is 0. The molecule has 2 nitrogen and oxygen atoms in total. The molecule has 0 fully saturated rings. The van der Waals surface area contributed by atoms with Gasteiger partial charge in [-0.2, -0.15) is 5.10 Å². The van der Waals surface area contributed by atoms with Gasteiger partial charge in [-0.1, -0.05) is 15.9 Å². The van der Waals surface area contributed by atoms with Crippen molar-refractivity contribution in [2.45, 2.75) is 0 Å². The maximum atomic E-state index is 4.20. The van der Waals surface area contributed by atoms with Crippen molar-refractivity contribution in [3.05, 3.63) is 53.6 Å². The fraction of sp³-hybridized carbons (Fsp3) is 0. The highest BCUT2D eigenvalue weighted by Crippen LogP contribution is 2.13. The Morgan fingerprint density at radius 3 is 2.38 bits per heavy atom. The summed E-state index contributed by atoms with van der Waals surface area (Å²) in [4.78, 5) is 0. The summed E-state index contributed by atoms with van der Waals surface area (Å²) in [5.41, 5.74) is 1.82. The van der Waals surface area contributed by atoms with E-state index >= 15 is 0 Å². The van der Waals surface area contributed by atoms with Crippen molar-refractivity contribution >= 4 is 15.9 Å². The Balaban J connectivity index is 2.41. The maximum Gasteiger partial charge on any atom is 0.0646 e. The van der Waals surface area contributed by atoms with Crippen LogP contribution in [0.5, 0.6) is 0 Å². The minimum Gasteiger partial charge on any atom is -0.241 e. The fourth-order valence-electron chi connectivity index (χ4n) is 1.10. The quantitative estimate of drug-likeness (QED) is 0.744. The standard InChI is InChI=1S/C10H8BrN2/c1-8-6-7-13(12-8)10-4-2-9(11)3-5-10/h2-7H,1H2. The number of hydrogen-bond acceptors (Lipinski definition) is 1. The lowest BCUT2D eigenvalue weighted by atomic mass is 10.3. The monoisotopic (exact) mass is 235 g/mol. The molecule has 2 rings (SSSR count). The zero-order valence-corrected chi connectivity index (χ0v) is 8.53. The molecule has 1 heterocycles. The predicted molar refractivity (Wildman–Crippen MR) is 55.7 cm³/mol. The van der Waals surface area contributed by atoms with E-state index in [1.54, 1.807) is 4.68 Å². The molecule has 0 spiro atoms. The number of nitrogens with zero attached hydrogens (tertiary/aromatic N) is 2. The summed E-state index contributed by atoms with van der Waals surface area (Å²) in [6.07, 6.45) is 1.89. The van der Waals surface area contributed by atoms with Gasteiger partial charge in [0.05, 0.1) is 11.4 Å². The SMILES string of the molecule is [CH2]c1ccn(-c2ccc(Br)cc2)n1. The smallest absolute Gasteiger partial charge is 0.0646 e. The van der Waals surface area contributed by atoms with E-state index in [-0.39, 0.29) is 0 Å². The van der Waals surface area contributed by atoms with Gasteiger partial charge >= 0.3 is 0 Å². The molecule has 0 aliphatic rings. The Bertz CT molecular complexity index is 403. The van der Waals surface area contributed by atoms with Crippen molar-refractivity contribution in [3.8, 4) is 5.69 Å². The lowest BCUT2D eigenvalue weighted by Crippen LogP contribution is -1.93. The van der Waals surface area contributed by atoms with Crippen molar-refractivity contribution in [1.82, 2.24) is 9.78 Å². The van der Waals surface area contributed by atoms with Crippen LogP contribution in [0, 0.1) is 6.92 Å². The average Bonchev–Trinajstić information content (AvgIpc) is 2.53. The Hall–Kier alpha value is -1.09. The normalized spacial score (nSPS) is 10.3. The zero-order chi connectivity index (χ0) is 9.26. The molecule has 0 aliphatic heterocycles. The lowest BCUT2D eigenvalue weighted by Gasteiger charge is -1.99. The molecule has 1 aromatic heterocycles. The minimum absolute atomic E-state index is 0.780. The van der Waals surface area contributed by atoms with E-state index in [9.17, 15) is 0 Å². The van der Waals surface area contributed by atoms with E-state index in [1.165, 1.54) is 0 Å². The average molecular weight is 236 g/mol. The van der Waals surface area contributed by atoms with Crippen LogP contribution in [0.3, 0.4) is 0 Å². The molecule has 0 N–H and O–H groups in total. The molecule has 0 saturated heterocycles. The topological polar surface area (TPSA) is 17.8 Å². The van der Waals surface area contributed by atoms with Crippen molar-refractivity contribution in [2.75, 3.05) is 0 Å². The molecule has 0 saturated carbocycles. The minimum atomic E-state index is 0.780. The molecule has 0 amide bonds. The van der Waals surface area contributed by atoms with E-state index in [0.29, 0.717) is 0 Å². The highest BCUT2D eigenvalue weighted by molar-refractivity contribution is 9.10. The first kappa shape index (κ1) is 8.51. The van der Waals surface area contributed by atoms with Gasteiger partial charge < -0.3 is 0 Å². The molecule has 0 unspecified atom stereocenters. The Morgan fingerprint density at radius 1 is 1.15 bits per heavy atom. The first-order chi connectivity index (χ1) is 6.25. The molecule has 0 bridgehead atoms. The van der Waals surface area contributed by atoms with E-state index in [4.69, 9.17) is 0 Å². The van der Waals surface area contributed by atoms with E-state index in [1.807, 2.05) is 36.5 Å². The summed E-state index contributed by atoms with van der Waals surface area (Å²) in [6.45, 7) is 3.74. The predicted octanol–water partition coefficient (Wildman–Crippen LogP) is 2.82. The van der Waals surface area contributed by atoms with Crippen LogP contribution in [0.2, 0.25) is 0 Å². The first-order valence-corrected chi connectivity index (χ1v) is 4.68. The van der Waals surface area contributed by atoms with Crippen molar-refractivity contribution in [3.63, 3.8) is 0 Å². The molecule has 0 atom stereocenters. The number of halogens is 1. The van der Waals surface area contributed by atoms with Crippen molar-refractivity contribution in [1.29, 1.82) is 0 Å². The van der Waals surface area contributed by atoms with Crippen LogP contribution in [-0.4, -0.2) is 9.78 Å². The Morgan fingerprint density at radius 2 is 1.85 bits per heavy atom. The van der Waals surface area contributed by atoms with Crippen LogP contribution in [0.25, 0.3) is 5.69 Å². The number of rotatable bonds is 1. The molecule has 2 aromatic rings. The third-order valence-electron chi connectivity index (χ3n) is 1.74. The summed E-state index contributed by atoms with van der Waals surface area (Å²) >= 11 is 3.38. The summed E-state index contributed by atoms with van der Waals surface area (Å²) in [7, 11) is 0. The van der Waals surface area contributed by atoms with E-state index < -0.39 is 0 Å². The molecule has 13 heavy (non-hydrogen) atoms. The number of benzene rings is 1. The van der Waals surface area contributed by atoms with Crippen LogP contribution in [0.15, 0.2) is 41.0 Å². The second kappa shape index (κ2) is 3.34. The van der Waals surface area contributed by atoms with Gasteiger partial charge in [0, 0.05) is 10.7 Å². The van der Waals surface area contributed by atoms with Crippen LogP contribution < -0.4 is 0 Å². The van der Waals surface area contributed by atoms with Gasteiger partial charge in [-0.25, -0.2) is 4.68 Å². The summed E-state index contributed by atoms with van der Waals surface area (Å²) in [6, 6.07) is 9.84. The third-order valence-corrected chi connectivity index (χ3v) is 2.26. The van der Waals surface area contributed by atoms with Gasteiger partial charge in [0.25, 0.3) is 0 Å². The van der Waals surface area contributed by atoms with Crippen molar-refractivity contribution in [2.24, 2.45) is 0 Å². The highest BCUT2D eigenvalue weighted by atomic mass is 79.9. The van der Waals surface area contributed by atoms with Gasteiger partial charge in [0.1, 0.15) is 0 Å². The van der Waals surface area contributed by atoms with Crippen LogP contribution in [0.1, 0.15) is 5.69 Å². The van der Waals surface area contributed by atoms with Gasteiger partial charge in [-0.05, 0) is 37.3 Å². The summed E-state index contributed by atoms with van der Waals surface area (Å²) < 4.78 is 2.87. The van der Waals surface area contributed by atoms with Crippen LogP contribution in [-0.2, 0) is 0 Å². The number of hydrogen-bond donors (Lipinski definition) is 0. The third kappa shape index (κ3) is 1.80. The maximum absolute atomic E-state index is 4.20. The lowest BCUT2D eigenvalue weighted by molar-refractivity contribution is 0.871.